The lowest BCUT2D eigenvalue weighted by Crippen LogP contribution is -2.32. The molecule has 5 heteroatoms. The standard InChI is InChI=1S/C16H18N4O/c1-3-11-7-16(8-12(11)9-18-10-17-2)13-5-4-6-19-14(13)20-15(16)21/h3-6,9,17H,1,7-8,10H2,2H3,(H,19,20,21)/b18-9-/t16-/m0/s1. The highest BCUT2D eigenvalue weighted by Gasteiger charge is 2.51. The molecule has 2 aliphatic rings. The molecule has 1 spiro atoms. The van der Waals surface area contributed by atoms with Crippen molar-refractivity contribution >= 4 is 17.9 Å². The van der Waals surface area contributed by atoms with Crippen LogP contribution in [0.3, 0.4) is 0 Å². The molecule has 1 aliphatic carbocycles. The molecule has 3 rings (SSSR count). The van der Waals surface area contributed by atoms with E-state index in [1.165, 1.54) is 0 Å². The van der Waals surface area contributed by atoms with Crippen LogP contribution in [-0.4, -0.2) is 30.8 Å². The number of hydrogen-bond acceptors (Lipinski definition) is 4. The number of rotatable bonds is 4. The van der Waals surface area contributed by atoms with Gasteiger partial charge in [0.1, 0.15) is 5.82 Å². The molecule has 21 heavy (non-hydrogen) atoms. The molecular formula is C16H18N4O. The SMILES string of the molecule is C=CC1=C(/C=N\CNC)C[C@]2(C1)C(=O)Nc1ncccc12. The molecular weight excluding hydrogens is 264 g/mol. The summed E-state index contributed by atoms with van der Waals surface area (Å²) >= 11 is 0. The fourth-order valence-corrected chi connectivity index (χ4v) is 3.11. The van der Waals surface area contributed by atoms with E-state index in [2.05, 4.69) is 27.2 Å². The number of anilines is 1. The third-order valence-corrected chi connectivity index (χ3v) is 4.13. The van der Waals surface area contributed by atoms with E-state index < -0.39 is 5.41 Å². The van der Waals surface area contributed by atoms with Gasteiger partial charge in [-0.25, -0.2) is 4.98 Å². The normalized spacial score (nSPS) is 24.0. The molecule has 5 nitrogen and oxygen atoms in total. The number of hydrogen-bond donors (Lipinski definition) is 2. The zero-order chi connectivity index (χ0) is 14.9. The Morgan fingerprint density at radius 3 is 3.10 bits per heavy atom. The molecule has 0 unspecified atom stereocenters. The Kier molecular flexibility index (Phi) is 3.43. The summed E-state index contributed by atoms with van der Waals surface area (Å²) < 4.78 is 0. The fourth-order valence-electron chi connectivity index (χ4n) is 3.11. The van der Waals surface area contributed by atoms with Gasteiger partial charge < -0.3 is 10.6 Å². The number of amides is 1. The number of nitrogens with one attached hydrogen (secondary N) is 2. The van der Waals surface area contributed by atoms with Crippen molar-refractivity contribution in [2.75, 3.05) is 19.0 Å². The van der Waals surface area contributed by atoms with Gasteiger partial charge in [-0.1, -0.05) is 18.7 Å². The van der Waals surface area contributed by atoms with Crippen LogP contribution in [0.4, 0.5) is 5.82 Å². The molecule has 108 valence electrons. The zero-order valence-corrected chi connectivity index (χ0v) is 12.0. The van der Waals surface area contributed by atoms with E-state index in [9.17, 15) is 4.79 Å². The maximum Gasteiger partial charge on any atom is 0.237 e. The molecule has 0 saturated heterocycles. The van der Waals surface area contributed by atoms with Crippen LogP contribution in [-0.2, 0) is 10.2 Å². The maximum absolute atomic E-state index is 12.5. The Hall–Kier alpha value is -2.27. The van der Waals surface area contributed by atoms with Crippen molar-refractivity contribution < 1.29 is 4.79 Å². The van der Waals surface area contributed by atoms with E-state index in [4.69, 9.17) is 0 Å². The van der Waals surface area contributed by atoms with Crippen LogP contribution in [0.5, 0.6) is 0 Å². The van der Waals surface area contributed by atoms with Gasteiger partial charge in [0.05, 0.1) is 12.1 Å². The quantitative estimate of drug-likeness (QED) is 0.828. The topological polar surface area (TPSA) is 66.4 Å². The van der Waals surface area contributed by atoms with Gasteiger partial charge in [0, 0.05) is 18.0 Å². The molecule has 1 aromatic heterocycles. The molecule has 2 heterocycles. The van der Waals surface area contributed by atoms with Crippen LogP contribution in [0.15, 0.2) is 47.1 Å². The van der Waals surface area contributed by atoms with Gasteiger partial charge in [0.25, 0.3) is 0 Å². The zero-order valence-electron chi connectivity index (χ0n) is 12.0. The minimum Gasteiger partial charge on any atom is -0.310 e. The number of pyridine rings is 1. The largest absolute Gasteiger partial charge is 0.310 e. The average Bonchev–Trinajstić information content (AvgIpc) is 3.00. The molecule has 1 atom stereocenters. The van der Waals surface area contributed by atoms with Gasteiger partial charge in [-0.3, -0.25) is 9.79 Å². The monoisotopic (exact) mass is 282 g/mol. The number of aliphatic imine (C=N–C) groups is 1. The fraction of sp³-hybridized carbons (Fsp3) is 0.312. The maximum atomic E-state index is 12.5. The molecule has 0 bridgehead atoms. The van der Waals surface area contributed by atoms with Crippen molar-refractivity contribution in [2.45, 2.75) is 18.3 Å². The number of carbonyl (C=O) groups is 1. The highest BCUT2D eigenvalue weighted by atomic mass is 16.2. The van der Waals surface area contributed by atoms with E-state index in [1.807, 2.05) is 31.5 Å². The van der Waals surface area contributed by atoms with E-state index >= 15 is 0 Å². The molecule has 0 saturated carbocycles. The lowest BCUT2D eigenvalue weighted by molar-refractivity contribution is -0.120. The summed E-state index contributed by atoms with van der Waals surface area (Å²) in [6.07, 6.45) is 6.68. The first-order chi connectivity index (χ1) is 10.2. The van der Waals surface area contributed by atoms with E-state index in [1.54, 1.807) is 6.20 Å². The summed E-state index contributed by atoms with van der Waals surface area (Å²) in [5, 5.41) is 5.87. The summed E-state index contributed by atoms with van der Waals surface area (Å²) in [5.74, 6) is 0.701. The van der Waals surface area contributed by atoms with Gasteiger partial charge in [-0.2, -0.15) is 0 Å². The molecule has 1 aliphatic heterocycles. The first kappa shape index (κ1) is 13.7. The first-order valence-corrected chi connectivity index (χ1v) is 6.97. The molecule has 1 amide bonds. The Morgan fingerprint density at radius 2 is 2.33 bits per heavy atom. The number of carbonyl (C=O) groups excluding carboxylic acids is 1. The number of allylic oxidation sites excluding steroid dienone is 3. The van der Waals surface area contributed by atoms with Crippen molar-refractivity contribution in [2.24, 2.45) is 4.99 Å². The van der Waals surface area contributed by atoms with E-state index in [-0.39, 0.29) is 5.91 Å². The van der Waals surface area contributed by atoms with Crippen LogP contribution < -0.4 is 10.6 Å². The number of fused-ring (bicyclic) bond motifs is 2. The molecule has 0 radical (unpaired) electrons. The van der Waals surface area contributed by atoms with Crippen LogP contribution in [0.1, 0.15) is 18.4 Å². The summed E-state index contributed by atoms with van der Waals surface area (Å²) in [5.41, 5.74) is 2.59. The first-order valence-electron chi connectivity index (χ1n) is 6.97. The van der Waals surface area contributed by atoms with Gasteiger partial charge in [-0.05, 0) is 37.1 Å². The third kappa shape index (κ3) is 2.10. The molecule has 0 aromatic carbocycles. The van der Waals surface area contributed by atoms with Crippen LogP contribution in [0, 0.1) is 0 Å². The molecule has 1 aromatic rings. The second-order valence-electron chi connectivity index (χ2n) is 5.37. The van der Waals surface area contributed by atoms with Crippen LogP contribution in [0.25, 0.3) is 0 Å². The average molecular weight is 282 g/mol. The lowest BCUT2D eigenvalue weighted by atomic mass is 9.78. The lowest BCUT2D eigenvalue weighted by Gasteiger charge is -2.21. The van der Waals surface area contributed by atoms with Crippen molar-refractivity contribution in [1.29, 1.82) is 0 Å². The highest BCUT2D eigenvalue weighted by Crippen LogP contribution is 2.50. The van der Waals surface area contributed by atoms with Crippen LogP contribution >= 0.6 is 0 Å². The van der Waals surface area contributed by atoms with Crippen LogP contribution in [0.2, 0.25) is 0 Å². The Balaban J connectivity index is 1.96. The highest BCUT2D eigenvalue weighted by molar-refractivity contribution is 6.07. The van der Waals surface area contributed by atoms with Gasteiger partial charge in [0.15, 0.2) is 0 Å². The van der Waals surface area contributed by atoms with Gasteiger partial charge >= 0.3 is 0 Å². The Morgan fingerprint density at radius 1 is 1.52 bits per heavy atom. The second kappa shape index (κ2) is 5.26. The third-order valence-electron chi connectivity index (χ3n) is 4.13. The van der Waals surface area contributed by atoms with E-state index in [0.717, 1.165) is 16.7 Å². The van der Waals surface area contributed by atoms with Crippen molar-refractivity contribution in [3.05, 3.63) is 47.7 Å². The summed E-state index contributed by atoms with van der Waals surface area (Å²) in [6, 6.07) is 3.86. The predicted molar refractivity (Wildman–Crippen MR) is 83.4 cm³/mol. The predicted octanol–water partition coefficient (Wildman–Crippen LogP) is 1.80. The summed E-state index contributed by atoms with van der Waals surface area (Å²) in [6.45, 7) is 4.44. The smallest absolute Gasteiger partial charge is 0.237 e. The van der Waals surface area contributed by atoms with Gasteiger partial charge in [-0.15, -0.1) is 0 Å². The van der Waals surface area contributed by atoms with E-state index in [0.29, 0.717) is 25.3 Å². The van der Waals surface area contributed by atoms with Crippen molar-refractivity contribution in [1.82, 2.24) is 10.3 Å². The molecule has 0 fully saturated rings. The number of nitrogens with zero attached hydrogens (tertiary/aromatic N) is 2. The Bertz CT molecular complexity index is 662. The second-order valence-corrected chi connectivity index (χ2v) is 5.37. The number of aromatic nitrogens is 1. The summed E-state index contributed by atoms with van der Waals surface area (Å²) in [4.78, 5) is 21.1. The molecule has 2 N–H and O–H groups in total. The van der Waals surface area contributed by atoms with Crippen molar-refractivity contribution in [3.63, 3.8) is 0 Å². The summed E-state index contributed by atoms with van der Waals surface area (Å²) in [7, 11) is 1.85. The minimum absolute atomic E-state index is 0.0209. The Labute approximate surface area is 123 Å². The minimum atomic E-state index is -0.548. The van der Waals surface area contributed by atoms with Crippen molar-refractivity contribution in [3.8, 4) is 0 Å². The van der Waals surface area contributed by atoms with Gasteiger partial charge in [0.2, 0.25) is 5.91 Å².